The molecule has 1 aromatic heterocycles. The average Bonchev–Trinajstić information content (AvgIpc) is 2.86. The number of nitrogens with one attached hydrogen (secondary N) is 2. The van der Waals surface area contributed by atoms with Crippen molar-refractivity contribution in [3.8, 4) is 0 Å². The Kier molecular flexibility index (Phi) is 8.77. The van der Waals surface area contributed by atoms with E-state index in [0.717, 1.165) is 56.0 Å². The third kappa shape index (κ3) is 6.33. The van der Waals surface area contributed by atoms with Gasteiger partial charge in [-0.25, -0.2) is 0 Å². The molecule has 0 spiro atoms. The molecule has 1 aromatic rings. The third-order valence-corrected chi connectivity index (χ3v) is 5.15. The highest BCUT2D eigenvalue weighted by Crippen LogP contribution is 2.14. The molecular formula is C19H36N6. The van der Waals surface area contributed by atoms with Crippen LogP contribution >= 0.6 is 0 Å². The Morgan fingerprint density at radius 2 is 2.08 bits per heavy atom. The molecule has 0 radical (unpaired) electrons. The van der Waals surface area contributed by atoms with Gasteiger partial charge in [0.05, 0.1) is 0 Å². The fourth-order valence-electron chi connectivity index (χ4n) is 3.43. The second-order valence-corrected chi connectivity index (χ2v) is 7.04. The van der Waals surface area contributed by atoms with E-state index in [4.69, 9.17) is 0 Å². The standard InChI is InChI=1S/C19H36N6/c1-4-6-10-16(5-2)15-22-19(20-3)21-13-12-18-24-23-17-11-8-7-9-14-25(17)18/h16H,4-15H2,1-3H3,(H2,20,21,22). The molecule has 6 nitrogen and oxygen atoms in total. The Morgan fingerprint density at radius 1 is 1.20 bits per heavy atom. The Hall–Kier alpha value is -1.59. The summed E-state index contributed by atoms with van der Waals surface area (Å²) in [7, 11) is 1.84. The van der Waals surface area contributed by atoms with Crippen LogP contribution in [0.2, 0.25) is 0 Å². The van der Waals surface area contributed by atoms with E-state index in [9.17, 15) is 0 Å². The van der Waals surface area contributed by atoms with Gasteiger partial charge < -0.3 is 15.2 Å². The number of aromatic nitrogens is 3. The first-order valence-electron chi connectivity index (χ1n) is 10.1. The van der Waals surface area contributed by atoms with E-state index in [1.807, 2.05) is 7.05 Å². The Labute approximate surface area is 152 Å². The van der Waals surface area contributed by atoms with Crippen LogP contribution in [0.25, 0.3) is 0 Å². The Balaban J connectivity index is 1.75. The molecule has 0 saturated heterocycles. The molecule has 0 aromatic carbocycles. The number of hydrogen-bond donors (Lipinski definition) is 2. The number of aliphatic imine (C=N–C) groups is 1. The van der Waals surface area contributed by atoms with Crippen molar-refractivity contribution < 1.29 is 0 Å². The van der Waals surface area contributed by atoms with Crippen LogP contribution in [0.5, 0.6) is 0 Å². The molecule has 1 unspecified atom stereocenters. The van der Waals surface area contributed by atoms with Gasteiger partial charge in [0.15, 0.2) is 5.96 Å². The number of unbranched alkanes of at least 4 members (excludes halogenated alkanes) is 1. The summed E-state index contributed by atoms with van der Waals surface area (Å²) in [5.41, 5.74) is 0. The van der Waals surface area contributed by atoms with Crippen molar-refractivity contribution in [3.05, 3.63) is 11.6 Å². The van der Waals surface area contributed by atoms with Crippen molar-refractivity contribution in [1.82, 2.24) is 25.4 Å². The van der Waals surface area contributed by atoms with Gasteiger partial charge in [-0.2, -0.15) is 0 Å². The van der Waals surface area contributed by atoms with E-state index in [2.05, 4.69) is 44.2 Å². The predicted molar refractivity (Wildman–Crippen MR) is 104 cm³/mol. The minimum atomic E-state index is 0.728. The third-order valence-electron chi connectivity index (χ3n) is 5.15. The van der Waals surface area contributed by atoms with Crippen LogP contribution < -0.4 is 10.6 Å². The van der Waals surface area contributed by atoms with E-state index in [1.165, 1.54) is 44.9 Å². The number of fused-ring (bicyclic) bond motifs is 1. The van der Waals surface area contributed by atoms with E-state index in [0.29, 0.717) is 0 Å². The summed E-state index contributed by atoms with van der Waals surface area (Å²) in [4.78, 5) is 4.35. The lowest BCUT2D eigenvalue weighted by molar-refractivity contribution is 0.443. The van der Waals surface area contributed by atoms with Crippen molar-refractivity contribution in [2.45, 2.75) is 78.2 Å². The first kappa shape index (κ1) is 19.7. The largest absolute Gasteiger partial charge is 0.356 e. The number of rotatable bonds is 9. The molecule has 1 aliphatic rings. The molecule has 142 valence electrons. The Morgan fingerprint density at radius 3 is 2.84 bits per heavy atom. The van der Waals surface area contributed by atoms with Crippen LogP contribution in [0.3, 0.4) is 0 Å². The maximum atomic E-state index is 4.40. The highest BCUT2D eigenvalue weighted by atomic mass is 15.3. The van der Waals surface area contributed by atoms with Crippen molar-refractivity contribution in [3.63, 3.8) is 0 Å². The van der Waals surface area contributed by atoms with E-state index in [1.54, 1.807) is 0 Å². The number of aryl methyl sites for hydroxylation is 1. The predicted octanol–water partition coefficient (Wildman–Crippen LogP) is 2.93. The SMILES string of the molecule is CCCCC(CC)CNC(=NC)NCCc1nnc2n1CCCCC2. The normalized spacial score (nSPS) is 16.2. The molecule has 0 amide bonds. The topological polar surface area (TPSA) is 67.1 Å². The van der Waals surface area contributed by atoms with Crippen LogP contribution in [-0.4, -0.2) is 40.9 Å². The highest BCUT2D eigenvalue weighted by molar-refractivity contribution is 5.79. The maximum absolute atomic E-state index is 4.40. The van der Waals surface area contributed by atoms with Crippen LogP contribution in [-0.2, 0) is 19.4 Å². The Bertz CT molecular complexity index is 522. The fourth-order valence-corrected chi connectivity index (χ4v) is 3.43. The van der Waals surface area contributed by atoms with Crippen molar-refractivity contribution >= 4 is 5.96 Å². The molecule has 0 aliphatic carbocycles. The smallest absolute Gasteiger partial charge is 0.190 e. The molecule has 0 saturated carbocycles. The summed E-state index contributed by atoms with van der Waals surface area (Å²) in [5.74, 6) is 3.89. The van der Waals surface area contributed by atoms with Crippen molar-refractivity contribution in [2.24, 2.45) is 10.9 Å². The van der Waals surface area contributed by atoms with Gasteiger partial charge in [0.1, 0.15) is 11.6 Å². The molecule has 2 N–H and O–H groups in total. The summed E-state index contributed by atoms with van der Waals surface area (Å²) < 4.78 is 2.32. The second-order valence-electron chi connectivity index (χ2n) is 7.04. The molecule has 25 heavy (non-hydrogen) atoms. The number of hydrogen-bond acceptors (Lipinski definition) is 3. The summed E-state index contributed by atoms with van der Waals surface area (Å²) in [6.45, 7) is 7.43. The monoisotopic (exact) mass is 348 g/mol. The molecule has 0 fully saturated rings. The zero-order valence-electron chi connectivity index (χ0n) is 16.4. The minimum Gasteiger partial charge on any atom is -0.356 e. The number of nitrogens with zero attached hydrogens (tertiary/aromatic N) is 4. The van der Waals surface area contributed by atoms with Crippen LogP contribution in [0.4, 0.5) is 0 Å². The quantitative estimate of drug-likeness (QED) is 0.532. The van der Waals surface area contributed by atoms with Crippen LogP contribution in [0.15, 0.2) is 4.99 Å². The minimum absolute atomic E-state index is 0.728. The first-order chi connectivity index (χ1) is 12.3. The number of guanidine groups is 1. The van der Waals surface area contributed by atoms with Crippen molar-refractivity contribution in [1.29, 1.82) is 0 Å². The highest BCUT2D eigenvalue weighted by Gasteiger charge is 2.14. The lowest BCUT2D eigenvalue weighted by Gasteiger charge is -2.18. The lowest BCUT2D eigenvalue weighted by Crippen LogP contribution is -2.40. The fraction of sp³-hybridized carbons (Fsp3) is 0.842. The zero-order chi connectivity index (χ0) is 17.9. The van der Waals surface area contributed by atoms with E-state index < -0.39 is 0 Å². The zero-order valence-corrected chi connectivity index (χ0v) is 16.4. The van der Waals surface area contributed by atoms with Gasteiger partial charge in [0.2, 0.25) is 0 Å². The molecule has 1 aliphatic heterocycles. The van der Waals surface area contributed by atoms with E-state index in [-0.39, 0.29) is 0 Å². The van der Waals surface area contributed by atoms with Crippen molar-refractivity contribution in [2.75, 3.05) is 20.1 Å². The van der Waals surface area contributed by atoms with E-state index >= 15 is 0 Å². The summed E-state index contributed by atoms with van der Waals surface area (Å²) >= 11 is 0. The van der Waals surface area contributed by atoms with Crippen LogP contribution in [0, 0.1) is 5.92 Å². The van der Waals surface area contributed by atoms with Gasteiger partial charge in [-0.1, -0.05) is 39.5 Å². The lowest BCUT2D eigenvalue weighted by atomic mass is 9.99. The molecule has 6 heteroatoms. The maximum Gasteiger partial charge on any atom is 0.190 e. The second kappa shape index (κ2) is 11.1. The van der Waals surface area contributed by atoms with Gasteiger partial charge in [0, 0.05) is 39.5 Å². The molecule has 2 rings (SSSR count). The summed E-state index contributed by atoms with van der Waals surface area (Å²) in [6.07, 6.45) is 10.8. The summed E-state index contributed by atoms with van der Waals surface area (Å²) in [5, 5.41) is 15.7. The van der Waals surface area contributed by atoms with Gasteiger partial charge in [0.25, 0.3) is 0 Å². The summed E-state index contributed by atoms with van der Waals surface area (Å²) in [6, 6.07) is 0. The van der Waals surface area contributed by atoms with Gasteiger partial charge in [-0.05, 0) is 25.2 Å². The van der Waals surface area contributed by atoms with Gasteiger partial charge in [-0.15, -0.1) is 10.2 Å². The first-order valence-corrected chi connectivity index (χ1v) is 10.1. The van der Waals surface area contributed by atoms with Gasteiger partial charge >= 0.3 is 0 Å². The van der Waals surface area contributed by atoms with Crippen LogP contribution in [0.1, 0.15) is 70.4 Å². The molecule has 0 bridgehead atoms. The molecule has 1 atom stereocenters. The molecule has 2 heterocycles. The molecular weight excluding hydrogens is 312 g/mol. The van der Waals surface area contributed by atoms with Gasteiger partial charge in [-0.3, -0.25) is 4.99 Å². The average molecular weight is 349 g/mol.